The van der Waals surface area contributed by atoms with Crippen LogP contribution in [0, 0.1) is 32.5 Å². The molecule has 0 aromatic carbocycles. The summed E-state index contributed by atoms with van der Waals surface area (Å²) in [6.07, 6.45) is 1.93. The summed E-state index contributed by atoms with van der Waals surface area (Å²) in [4.78, 5) is 12.9. The Bertz CT molecular complexity index is 614. The van der Waals surface area contributed by atoms with Crippen molar-refractivity contribution in [1.29, 1.82) is 0 Å². The minimum absolute atomic E-state index is 0.0108. The molecular weight excluding hydrogens is 392 g/mol. The van der Waals surface area contributed by atoms with Crippen LogP contribution in [-0.2, 0) is 9.78 Å². The van der Waals surface area contributed by atoms with Crippen LogP contribution >= 0.6 is 0 Å². The molecule has 0 radical (unpaired) electrons. The molecule has 2 nitrogen and oxygen atoms in total. The summed E-state index contributed by atoms with van der Waals surface area (Å²) in [5, 5.41) is 0. The van der Waals surface area contributed by atoms with Gasteiger partial charge >= 0.3 is 0 Å². The number of allylic oxidation sites excluding steroid dienone is 4. The van der Waals surface area contributed by atoms with Crippen LogP contribution in [0.25, 0.3) is 0 Å². The van der Waals surface area contributed by atoms with Crippen molar-refractivity contribution in [3.8, 4) is 0 Å². The SMILES string of the molecule is CC(C)(C)CC(=C(OOC(=C(CC(C)(C)C)C(C)(C)C)C(C)(C)C)C(C)(C)C)C(C)(C)C. The van der Waals surface area contributed by atoms with E-state index in [2.05, 4.69) is 125 Å². The van der Waals surface area contributed by atoms with Gasteiger partial charge < -0.3 is 0 Å². The molecule has 0 bridgehead atoms. The van der Waals surface area contributed by atoms with E-state index in [-0.39, 0.29) is 32.5 Å². The summed E-state index contributed by atoms with van der Waals surface area (Å²) in [5.74, 6) is 1.93. The highest BCUT2D eigenvalue weighted by Crippen LogP contribution is 2.46. The van der Waals surface area contributed by atoms with E-state index < -0.39 is 0 Å². The van der Waals surface area contributed by atoms with Crippen LogP contribution in [0.15, 0.2) is 22.7 Å². The molecule has 190 valence electrons. The molecule has 0 saturated heterocycles. The average molecular weight is 451 g/mol. The van der Waals surface area contributed by atoms with Gasteiger partial charge in [0, 0.05) is 10.8 Å². The molecule has 0 aromatic heterocycles. The zero-order valence-electron chi connectivity index (χ0n) is 25.2. The maximum Gasteiger partial charge on any atom is 0.160 e. The van der Waals surface area contributed by atoms with E-state index in [1.807, 2.05) is 0 Å². The molecular formula is C30H58O2. The van der Waals surface area contributed by atoms with Crippen molar-refractivity contribution in [3.05, 3.63) is 22.7 Å². The molecule has 32 heavy (non-hydrogen) atoms. The zero-order valence-corrected chi connectivity index (χ0v) is 25.2. The lowest BCUT2D eigenvalue weighted by Crippen LogP contribution is -2.28. The fourth-order valence-corrected chi connectivity index (χ4v) is 3.77. The van der Waals surface area contributed by atoms with Crippen LogP contribution < -0.4 is 0 Å². The van der Waals surface area contributed by atoms with E-state index in [0.29, 0.717) is 0 Å². The molecule has 0 rings (SSSR count). The largest absolute Gasteiger partial charge is 0.294 e. The van der Waals surface area contributed by atoms with Gasteiger partial charge in [-0.15, -0.1) is 0 Å². The second kappa shape index (κ2) is 9.75. The minimum Gasteiger partial charge on any atom is -0.294 e. The molecule has 0 aromatic rings. The van der Waals surface area contributed by atoms with Crippen LogP contribution in [0.2, 0.25) is 0 Å². The predicted molar refractivity (Wildman–Crippen MR) is 142 cm³/mol. The van der Waals surface area contributed by atoms with Crippen molar-refractivity contribution in [2.24, 2.45) is 32.5 Å². The molecule has 0 aliphatic heterocycles. The number of hydrogen-bond donors (Lipinski definition) is 0. The Labute approximate surface area is 202 Å². The standard InChI is InChI=1S/C30H58O2/c1-25(2,3)19-21(27(7,8)9)23(29(13,14)15)31-32-24(30(16,17)18)22(28(10,11)12)20-26(4,5)6/h19-20H2,1-18H3. The second-order valence-corrected chi connectivity index (χ2v) is 16.3. The van der Waals surface area contributed by atoms with Crippen LogP contribution in [0.1, 0.15) is 137 Å². The van der Waals surface area contributed by atoms with E-state index in [1.165, 1.54) is 11.1 Å². The van der Waals surface area contributed by atoms with Gasteiger partial charge in [-0.3, -0.25) is 9.78 Å². The summed E-state index contributed by atoms with van der Waals surface area (Å²) in [7, 11) is 0. The first-order chi connectivity index (χ1) is 13.7. The lowest BCUT2D eigenvalue weighted by molar-refractivity contribution is -0.253. The summed E-state index contributed by atoms with van der Waals surface area (Å²) in [5.41, 5.74) is 2.64. The third kappa shape index (κ3) is 10.8. The van der Waals surface area contributed by atoms with E-state index in [1.54, 1.807) is 0 Å². The lowest BCUT2D eigenvalue weighted by atomic mass is 9.73. The van der Waals surface area contributed by atoms with Gasteiger partial charge in [-0.1, -0.05) is 125 Å². The summed E-state index contributed by atoms with van der Waals surface area (Å²) >= 11 is 0. The van der Waals surface area contributed by atoms with E-state index >= 15 is 0 Å². The van der Waals surface area contributed by atoms with Gasteiger partial charge in [0.1, 0.15) is 0 Å². The van der Waals surface area contributed by atoms with Crippen molar-refractivity contribution in [1.82, 2.24) is 0 Å². The predicted octanol–water partition coefficient (Wildman–Crippen LogP) is 10.5. The highest BCUT2D eigenvalue weighted by Gasteiger charge is 2.37. The highest BCUT2D eigenvalue weighted by molar-refractivity contribution is 5.23. The Balaban J connectivity index is 6.82. The number of rotatable bonds is 5. The molecule has 0 amide bonds. The lowest BCUT2D eigenvalue weighted by Gasteiger charge is -2.37. The Morgan fingerprint density at radius 3 is 0.719 bits per heavy atom. The zero-order chi connectivity index (χ0) is 26.1. The molecule has 0 heterocycles. The third-order valence-corrected chi connectivity index (χ3v) is 5.34. The first kappa shape index (κ1) is 31.1. The summed E-state index contributed by atoms with van der Waals surface area (Å²) in [6, 6.07) is 0. The summed E-state index contributed by atoms with van der Waals surface area (Å²) in [6.45, 7) is 40.8. The van der Waals surface area contributed by atoms with Gasteiger partial charge in [0.2, 0.25) is 0 Å². The topological polar surface area (TPSA) is 18.5 Å². The quantitative estimate of drug-likeness (QED) is 0.235. The van der Waals surface area contributed by atoms with Crippen molar-refractivity contribution >= 4 is 0 Å². The van der Waals surface area contributed by atoms with Gasteiger partial charge in [0.05, 0.1) is 0 Å². The Kier molecular flexibility index (Phi) is 9.47. The Morgan fingerprint density at radius 1 is 0.375 bits per heavy atom. The fourth-order valence-electron chi connectivity index (χ4n) is 3.77. The maximum atomic E-state index is 6.44. The molecule has 2 heteroatoms. The molecule has 0 aliphatic carbocycles. The van der Waals surface area contributed by atoms with Crippen molar-refractivity contribution in [3.63, 3.8) is 0 Å². The van der Waals surface area contributed by atoms with Gasteiger partial charge in [-0.25, -0.2) is 0 Å². The smallest absolute Gasteiger partial charge is 0.160 e. The van der Waals surface area contributed by atoms with Gasteiger partial charge in [-0.05, 0) is 45.6 Å². The fraction of sp³-hybridized carbons (Fsp3) is 0.867. The van der Waals surface area contributed by atoms with E-state index in [9.17, 15) is 0 Å². The van der Waals surface area contributed by atoms with Crippen LogP contribution in [0.5, 0.6) is 0 Å². The molecule has 0 spiro atoms. The van der Waals surface area contributed by atoms with E-state index in [0.717, 1.165) is 24.4 Å². The highest BCUT2D eigenvalue weighted by atomic mass is 17.2. The normalized spacial score (nSPS) is 16.4. The molecule has 0 saturated carbocycles. The average Bonchev–Trinajstić information content (AvgIpc) is 2.41. The third-order valence-electron chi connectivity index (χ3n) is 5.34. The molecule has 0 atom stereocenters. The van der Waals surface area contributed by atoms with Gasteiger partial charge in [-0.2, -0.15) is 0 Å². The first-order valence-electron chi connectivity index (χ1n) is 12.5. The maximum absolute atomic E-state index is 6.44. The van der Waals surface area contributed by atoms with Crippen molar-refractivity contribution in [2.45, 2.75) is 137 Å². The van der Waals surface area contributed by atoms with Gasteiger partial charge in [0.15, 0.2) is 11.5 Å². The second-order valence-electron chi connectivity index (χ2n) is 16.3. The Morgan fingerprint density at radius 2 is 0.594 bits per heavy atom. The summed E-state index contributed by atoms with van der Waals surface area (Å²) < 4.78 is 0. The molecule has 0 unspecified atom stereocenters. The number of hydrogen-bond acceptors (Lipinski definition) is 2. The monoisotopic (exact) mass is 450 g/mol. The first-order valence-corrected chi connectivity index (χ1v) is 12.5. The van der Waals surface area contributed by atoms with Crippen molar-refractivity contribution < 1.29 is 9.78 Å². The molecule has 0 fully saturated rings. The van der Waals surface area contributed by atoms with Crippen molar-refractivity contribution in [2.75, 3.05) is 0 Å². The molecule has 0 N–H and O–H groups in total. The Hall–Kier alpha value is -0.920. The van der Waals surface area contributed by atoms with E-state index in [4.69, 9.17) is 9.78 Å². The minimum atomic E-state index is -0.164. The van der Waals surface area contributed by atoms with Crippen LogP contribution in [0.4, 0.5) is 0 Å². The van der Waals surface area contributed by atoms with Crippen LogP contribution in [0.3, 0.4) is 0 Å². The van der Waals surface area contributed by atoms with Crippen LogP contribution in [-0.4, -0.2) is 0 Å². The van der Waals surface area contributed by atoms with Gasteiger partial charge in [0.25, 0.3) is 0 Å². The molecule has 0 aliphatic rings.